The van der Waals surface area contributed by atoms with Gasteiger partial charge in [-0.3, -0.25) is 4.79 Å². The van der Waals surface area contributed by atoms with Gasteiger partial charge in [-0.25, -0.2) is 4.39 Å². The number of carbonyl (C=O) groups is 1. The summed E-state index contributed by atoms with van der Waals surface area (Å²) in [4.78, 5) is 12.2. The maximum atomic E-state index is 13.7. The van der Waals surface area contributed by atoms with Crippen molar-refractivity contribution < 1.29 is 9.18 Å². The van der Waals surface area contributed by atoms with E-state index in [1.165, 1.54) is 6.07 Å². The molecule has 0 unspecified atom stereocenters. The molecule has 0 fully saturated rings. The Bertz CT molecular complexity index is 618. The van der Waals surface area contributed by atoms with Crippen LogP contribution in [0.1, 0.15) is 21.5 Å². The Morgan fingerprint density at radius 1 is 1.11 bits per heavy atom. The Labute approximate surface area is 128 Å². The average molecular weight is 386 g/mol. The summed E-state index contributed by atoms with van der Waals surface area (Å²) >= 11 is 6.55. The maximum Gasteiger partial charge on any atom is 0.167 e. The first-order valence-electron chi connectivity index (χ1n) is 5.70. The molecule has 0 N–H and O–H groups in total. The molecule has 98 valence electrons. The molecule has 0 saturated heterocycles. The zero-order valence-electron chi connectivity index (χ0n) is 10.2. The van der Waals surface area contributed by atoms with Crippen LogP contribution in [-0.4, -0.2) is 5.78 Å². The molecule has 0 atom stereocenters. The van der Waals surface area contributed by atoms with Gasteiger partial charge in [0.2, 0.25) is 0 Å². The number of carbonyl (C=O) groups excluding carboxylic acids is 1. The van der Waals surface area contributed by atoms with E-state index in [0.29, 0.717) is 15.6 Å². The fourth-order valence-electron chi connectivity index (χ4n) is 1.84. The minimum atomic E-state index is -0.366. The van der Waals surface area contributed by atoms with E-state index in [4.69, 9.17) is 0 Å². The number of hydrogen-bond acceptors (Lipinski definition) is 1. The number of benzene rings is 2. The van der Waals surface area contributed by atoms with Crippen LogP contribution in [0.2, 0.25) is 0 Å². The molecule has 0 spiro atoms. The minimum absolute atomic E-state index is 0.0645. The lowest BCUT2D eigenvalue weighted by atomic mass is 10.0. The van der Waals surface area contributed by atoms with Crippen LogP contribution in [0.4, 0.5) is 4.39 Å². The molecule has 2 aromatic rings. The Morgan fingerprint density at radius 2 is 1.84 bits per heavy atom. The molecule has 0 radical (unpaired) electrons. The van der Waals surface area contributed by atoms with Crippen LogP contribution in [0.15, 0.2) is 45.3 Å². The quantitative estimate of drug-likeness (QED) is 0.673. The number of ketones is 1. The molecular formula is C15H11Br2FO. The summed E-state index contributed by atoms with van der Waals surface area (Å²) in [6.07, 6.45) is 0.0645. The molecule has 0 aromatic heterocycles. The SMILES string of the molecule is Cc1cc(Br)cc(C(=O)Cc2ccc(Br)cc2F)c1. The van der Waals surface area contributed by atoms with Gasteiger partial charge in [-0.2, -0.15) is 0 Å². The fraction of sp³-hybridized carbons (Fsp3) is 0.133. The Balaban J connectivity index is 2.25. The second kappa shape index (κ2) is 5.97. The molecule has 0 aliphatic rings. The van der Waals surface area contributed by atoms with E-state index in [1.807, 2.05) is 19.1 Å². The van der Waals surface area contributed by atoms with Gasteiger partial charge in [0.15, 0.2) is 5.78 Å². The third-order valence-corrected chi connectivity index (χ3v) is 3.68. The highest BCUT2D eigenvalue weighted by Crippen LogP contribution is 2.20. The predicted molar refractivity (Wildman–Crippen MR) is 81.0 cm³/mol. The molecule has 0 heterocycles. The van der Waals surface area contributed by atoms with Crippen LogP contribution >= 0.6 is 31.9 Å². The Morgan fingerprint density at radius 3 is 2.47 bits per heavy atom. The van der Waals surface area contributed by atoms with Crippen molar-refractivity contribution in [1.29, 1.82) is 0 Å². The zero-order valence-corrected chi connectivity index (χ0v) is 13.4. The van der Waals surface area contributed by atoms with Gasteiger partial charge in [0, 0.05) is 20.9 Å². The highest BCUT2D eigenvalue weighted by atomic mass is 79.9. The molecule has 0 amide bonds. The van der Waals surface area contributed by atoms with Gasteiger partial charge < -0.3 is 0 Å². The lowest BCUT2D eigenvalue weighted by molar-refractivity contribution is 0.0991. The van der Waals surface area contributed by atoms with Gasteiger partial charge >= 0.3 is 0 Å². The fourth-order valence-corrected chi connectivity index (χ4v) is 2.78. The topological polar surface area (TPSA) is 17.1 Å². The normalized spacial score (nSPS) is 10.5. The smallest absolute Gasteiger partial charge is 0.167 e. The van der Waals surface area contributed by atoms with Gasteiger partial charge in [0.05, 0.1) is 0 Å². The van der Waals surface area contributed by atoms with Crippen molar-refractivity contribution in [2.45, 2.75) is 13.3 Å². The van der Waals surface area contributed by atoms with E-state index in [2.05, 4.69) is 31.9 Å². The standard InChI is InChI=1S/C15H11Br2FO/c1-9-4-11(6-13(17)5-9)15(19)7-10-2-3-12(16)8-14(10)18/h2-6,8H,7H2,1H3. The molecule has 0 aliphatic heterocycles. The van der Waals surface area contributed by atoms with Gasteiger partial charge in [-0.05, 0) is 48.4 Å². The first kappa shape index (κ1) is 14.4. The van der Waals surface area contributed by atoms with Crippen LogP contribution in [-0.2, 0) is 6.42 Å². The van der Waals surface area contributed by atoms with E-state index < -0.39 is 0 Å². The lowest BCUT2D eigenvalue weighted by Crippen LogP contribution is -2.05. The van der Waals surface area contributed by atoms with Crippen LogP contribution in [0.5, 0.6) is 0 Å². The van der Waals surface area contributed by atoms with Gasteiger partial charge in [-0.1, -0.05) is 37.9 Å². The number of Topliss-reactive ketones (excluding diaryl/α,β-unsaturated/α-hetero) is 1. The van der Waals surface area contributed by atoms with Crippen molar-refractivity contribution >= 4 is 37.6 Å². The Kier molecular flexibility index (Phi) is 4.53. The van der Waals surface area contributed by atoms with Crippen molar-refractivity contribution in [2.75, 3.05) is 0 Å². The molecule has 4 heteroatoms. The zero-order chi connectivity index (χ0) is 14.0. The van der Waals surface area contributed by atoms with Crippen LogP contribution < -0.4 is 0 Å². The highest BCUT2D eigenvalue weighted by molar-refractivity contribution is 9.10. The van der Waals surface area contributed by atoms with Gasteiger partial charge in [0.25, 0.3) is 0 Å². The number of hydrogen-bond donors (Lipinski definition) is 0. The molecule has 0 bridgehead atoms. The van der Waals surface area contributed by atoms with Crippen molar-refractivity contribution in [2.24, 2.45) is 0 Å². The lowest BCUT2D eigenvalue weighted by Gasteiger charge is -2.05. The summed E-state index contributed by atoms with van der Waals surface area (Å²) in [5.41, 5.74) is 1.99. The van der Waals surface area contributed by atoms with E-state index in [-0.39, 0.29) is 18.0 Å². The molecule has 19 heavy (non-hydrogen) atoms. The third kappa shape index (κ3) is 3.74. The average Bonchev–Trinajstić information content (AvgIpc) is 2.31. The van der Waals surface area contributed by atoms with Crippen LogP contribution in [0.25, 0.3) is 0 Å². The predicted octanol–water partition coefficient (Wildman–Crippen LogP) is 5.08. The number of halogens is 3. The summed E-state index contributed by atoms with van der Waals surface area (Å²) < 4.78 is 15.2. The number of aryl methyl sites for hydroxylation is 1. The summed E-state index contributed by atoms with van der Waals surface area (Å²) in [6.45, 7) is 1.92. The summed E-state index contributed by atoms with van der Waals surface area (Å²) in [7, 11) is 0. The van der Waals surface area contributed by atoms with Crippen LogP contribution in [0.3, 0.4) is 0 Å². The number of rotatable bonds is 3. The van der Waals surface area contributed by atoms with E-state index in [0.717, 1.165) is 10.0 Å². The highest BCUT2D eigenvalue weighted by Gasteiger charge is 2.11. The van der Waals surface area contributed by atoms with Gasteiger partial charge in [0.1, 0.15) is 5.82 Å². The molecule has 1 nitrogen and oxygen atoms in total. The largest absolute Gasteiger partial charge is 0.294 e. The monoisotopic (exact) mass is 384 g/mol. The Hall–Kier alpha value is -1.00. The van der Waals surface area contributed by atoms with Crippen LogP contribution in [0, 0.1) is 12.7 Å². The second-order valence-electron chi connectivity index (χ2n) is 4.35. The maximum absolute atomic E-state index is 13.7. The second-order valence-corrected chi connectivity index (χ2v) is 6.18. The summed E-state index contributed by atoms with van der Waals surface area (Å²) in [5, 5.41) is 0. The van der Waals surface area contributed by atoms with Gasteiger partial charge in [-0.15, -0.1) is 0 Å². The van der Waals surface area contributed by atoms with Crippen molar-refractivity contribution in [3.05, 3.63) is 67.9 Å². The molecular weight excluding hydrogens is 375 g/mol. The molecule has 2 rings (SSSR count). The third-order valence-electron chi connectivity index (χ3n) is 2.73. The van der Waals surface area contributed by atoms with E-state index in [1.54, 1.807) is 18.2 Å². The van der Waals surface area contributed by atoms with E-state index >= 15 is 0 Å². The molecule has 2 aromatic carbocycles. The summed E-state index contributed by atoms with van der Waals surface area (Å²) in [6, 6.07) is 10.2. The van der Waals surface area contributed by atoms with Crippen molar-refractivity contribution in [3.63, 3.8) is 0 Å². The molecule has 0 aliphatic carbocycles. The molecule has 0 saturated carbocycles. The van der Waals surface area contributed by atoms with Crippen molar-refractivity contribution in [1.82, 2.24) is 0 Å². The first-order chi connectivity index (χ1) is 8.95. The minimum Gasteiger partial charge on any atom is -0.294 e. The first-order valence-corrected chi connectivity index (χ1v) is 7.28. The van der Waals surface area contributed by atoms with Crippen molar-refractivity contribution in [3.8, 4) is 0 Å². The summed E-state index contributed by atoms with van der Waals surface area (Å²) in [5.74, 6) is -0.458. The van der Waals surface area contributed by atoms with E-state index in [9.17, 15) is 9.18 Å².